The van der Waals surface area contributed by atoms with E-state index in [-0.39, 0.29) is 24.0 Å². The molecule has 4 nitrogen and oxygen atoms in total. The SMILES string of the molecule is COC(=O)C(C)NC1CCCC1C#N. The molecule has 3 atom stereocenters. The molecule has 1 N–H and O–H groups in total. The van der Waals surface area contributed by atoms with E-state index < -0.39 is 0 Å². The summed E-state index contributed by atoms with van der Waals surface area (Å²) in [7, 11) is 1.37. The number of rotatable bonds is 3. The van der Waals surface area contributed by atoms with Crippen LogP contribution in [0.2, 0.25) is 0 Å². The molecule has 0 heterocycles. The lowest BCUT2D eigenvalue weighted by molar-refractivity contribution is -0.142. The summed E-state index contributed by atoms with van der Waals surface area (Å²) in [5.41, 5.74) is 0. The number of nitrogens with one attached hydrogen (secondary N) is 1. The molecule has 3 unspecified atom stereocenters. The molecule has 0 saturated heterocycles. The fourth-order valence-corrected chi connectivity index (χ4v) is 1.88. The number of hydrogen-bond donors (Lipinski definition) is 1. The third kappa shape index (κ3) is 2.46. The molecule has 1 aliphatic carbocycles. The van der Waals surface area contributed by atoms with Gasteiger partial charge in [-0.05, 0) is 19.8 Å². The van der Waals surface area contributed by atoms with Crippen molar-refractivity contribution < 1.29 is 9.53 Å². The van der Waals surface area contributed by atoms with Crippen molar-refractivity contribution in [2.75, 3.05) is 7.11 Å². The highest BCUT2D eigenvalue weighted by Gasteiger charge is 2.29. The van der Waals surface area contributed by atoms with Gasteiger partial charge in [-0.1, -0.05) is 6.42 Å². The van der Waals surface area contributed by atoms with Crippen LogP contribution < -0.4 is 5.32 Å². The Morgan fingerprint density at radius 1 is 1.64 bits per heavy atom. The lowest BCUT2D eigenvalue weighted by Gasteiger charge is -2.19. The average Bonchev–Trinajstić information content (AvgIpc) is 2.63. The number of esters is 1. The van der Waals surface area contributed by atoms with E-state index in [9.17, 15) is 4.79 Å². The minimum atomic E-state index is -0.320. The highest BCUT2D eigenvalue weighted by molar-refractivity contribution is 5.75. The van der Waals surface area contributed by atoms with Gasteiger partial charge in [0.05, 0.1) is 19.1 Å². The van der Waals surface area contributed by atoms with Crippen LogP contribution in [0.3, 0.4) is 0 Å². The van der Waals surface area contributed by atoms with Gasteiger partial charge >= 0.3 is 5.97 Å². The largest absolute Gasteiger partial charge is 0.468 e. The first-order valence-electron chi connectivity index (χ1n) is 4.92. The summed E-state index contributed by atoms with van der Waals surface area (Å²) in [6.45, 7) is 1.76. The average molecular weight is 196 g/mol. The van der Waals surface area contributed by atoms with Crippen molar-refractivity contribution in [3.8, 4) is 6.07 Å². The van der Waals surface area contributed by atoms with Crippen molar-refractivity contribution in [1.82, 2.24) is 5.32 Å². The summed E-state index contributed by atoms with van der Waals surface area (Å²) in [6.07, 6.45) is 2.96. The van der Waals surface area contributed by atoms with E-state index >= 15 is 0 Å². The van der Waals surface area contributed by atoms with E-state index in [0.29, 0.717) is 0 Å². The number of nitriles is 1. The minimum Gasteiger partial charge on any atom is -0.468 e. The smallest absolute Gasteiger partial charge is 0.322 e. The van der Waals surface area contributed by atoms with Gasteiger partial charge in [-0.15, -0.1) is 0 Å². The van der Waals surface area contributed by atoms with Crippen molar-refractivity contribution in [2.24, 2.45) is 5.92 Å². The summed E-state index contributed by atoms with van der Waals surface area (Å²) < 4.78 is 4.61. The first-order valence-corrected chi connectivity index (χ1v) is 4.92. The number of nitrogens with zero attached hydrogens (tertiary/aromatic N) is 1. The second kappa shape index (κ2) is 4.97. The Bertz CT molecular complexity index is 247. The predicted octanol–water partition coefficient (Wildman–Crippen LogP) is 0.830. The van der Waals surface area contributed by atoms with Gasteiger partial charge in [0.1, 0.15) is 6.04 Å². The molecule has 1 aliphatic rings. The number of ether oxygens (including phenoxy) is 1. The molecule has 0 aromatic rings. The van der Waals surface area contributed by atoms with Crippen LogP contribution in [-0.2, 0) is 9.53 Å². The quantitative estimate of drug-likeness (QED) is 0.679. The monoisotopic (exact) mass is 196 g/mol. The molecule has 0 radical (unpaired) electrons. The van der Waals surface area contributed by atoms with E-state index in [1.165, 1.54) is 7.11 Å². The maximum Gasteiger partial charge on any atom is 0.322 e. The molecule has 0 amide bonds. The Labute approximate surface area is 84.2 Å². The molecular formula is C10H16N2O2. The first-order chi connectivity index (χ1) is 6.69. The van der Waals surface area contributed by atoms with Crippen LogP contribution in [-0.4, -0.2) is 25.2 Å². The van der Waals surface area contributed by atoms with Crippen LogP contribution in [0.1, 0.15) is 26.2 Å². The van der Waals surface area contributed by atoms with Gasteiger partial charge in [-0.2, -0.15) is 5.26 Å². The Balaban J connectivity index is 2.44. The zero-order valence-electron chi connectivity index (χ0n) is 8.62. The zero-order valence-corrected chi connectivity index (χ0v) is 8.62. The van der Waals surface area contributed by atoms with E-state index in [4.69, 9.17) is 5.26 Å². The summed E-state index contributed by atoms with van der Waals surface area (Å²) in [5, 5.41) is 12.0. The third-order valence-corrected chi connectivity index (χ3v) is 2.70. The third-order valence-electron chi connectivity index (χ3n) is 2.70. The number of carbonyl (C=O) groups is 1. The van der Waals surface area contributed by atoms with Gasteiger partial charge < -0.3 is 10.1 Å². The van der Waals surface area contributed by atoms with Crippen LogP contribution in [0.5, 0.6) is 0 Å². The van der Waals surface area contributed by atoms with Gasteiger partial charge in [0, 0.05) is 6.04 Å². The lowest BCUT2D eigenvalue weighted by atomic mass is 10.1. The molecule has 4 heteroatoms. The summed E-state index contributed by atoms with van der Waals surface area (Å²) in [5.74, 6) is -0.226. The number of hydrogen-bond acceptors (Lipinski definition) is 4. The maximum absolute atomic E-state index is 11.1. The summed E-state index contributed by atoms with van der Waals surface area (Å²) >= 11 is 0. The first kappa shape index (κ1) is 11.0. The van der Waals surface area contributed by atoms with Gasteiger partial charge in [0.25, 0.3) is 0 Å². The minimum absolute atomic E-state index is 0.0436. The summed E-state index contributed by atoms with van der Waals surface area (Å²) in [4.78, 5) is 11.1. The van der Waals surface area contributed by atoms with Crippen LogP contribution >= 0.6 is 0 Å². The molecule has 1 fully saturated rings. The summed E-state index contributed by atoms with van der Waals surface area (Å²) in [6, 6.07) is 2.09. The molecule has 0 aliphatic heterocycles. The van der Waals surface area contributed by atoms with Crippen molar-refractivity contribution in [3.05, 3.63) is 0 Å². The van der Waals surface area contributed by atoms with E-state index in [1.54, 1.807) is 6.92 Å². The lowest BCUT2D eigenvalue weighted by Crippen LogP contribution is -2.43. The molecule has 14 heavy (non-hydrogen) atoms. The zero-order chi connectivity index (χ0) is 10.6. The van der Waals surface area contributed by atoms with Crippen molar-refractivity contribution in [2.45, 2.75) is 38.3 Å². The Morgan fingerprint density at radius 2 is 2.36 bits per heavy atom. The number of methoxy groups -OCH3 is 1. The van der Waals surface area contributed by atoms with Crippen LogP contribution in [0.25, 0.3) is 0 Å². The Hall–Kier alpha value is -1.08. The topological polar surface area (TPSA) is 62.1 Å². The maximum atomic E-state index is 11.1. The van der Waals surface area contributed by atoms with Crippen molar-refractivity contribution >= 4 is 5.97 Å². The van der Waals surface area contributed by atoms with Crippen molar-refractivity contribution in [1.29, 1.82) is 5.26 Å². The molecule has 0 spiro atoms. The van der Waals surface area contributed by atoms with E-state index in [0.717, 1.165) is 19.3 Å². The normalized spacial score (nSPS) is 28.1. The van der Waals surface area contributed by atoms with Crippen LogP contribution in [0, 0.1) is 17.2 Å². The molecule has 1 saturated carbocycles. The second-order valence-electron chi connectivity index (χ2n) is 3.68. The Kier molecular flexibility index (Phi) is 3.90. The van der Waals surface area contributed by atoms with Crippen molar-refractivity contribution in [3.63, 3.8) is 0 Å². The molecule has 0 aromatic heterocycles. The molecule has 0 aromatic carbocycles. The molecule has 1 rings (SSSR count). The van der Waals surface area contributed by atoms with Gasteiger partial charge in [0.15, 0.2) is 0 Å². The van der Waals surface area contributed by atoms with Gasteiger partial charge in [0.2, 0.25) is 0 Å². The molecule has 78 valence electrons. The fourth-order valence-electron chi connectivity index (χ4n) is 1.88. The van der Waals surface area contributed by atoms with E-state index in [1.807, 2.05) is 0 Å². The van der Waals surface area contributed by atoms with E-state index in [2.05, 4.69) is 16.1 Å². The predicted molar refractivity (Wildman–Crippen MR) is 51.4 cm³/mol. The highest BCUT2D eigenvalue weighted by Crippen LogP contribution is 2.25. The fraction of sp³-hybridized carbons (Fsp3) is 0.800. The molecular weight excluding hydrogens is 180 g/mol. The van der Waals surface area contributed by atoms with Gasteiger partial charge in [-0.25, -0.2) is 0 Å². The standard InChI is InChI=1S/C10H16N2O2/c1-7(10(13)14-2)12-9-5-3-4-8(9)6-11/h7-9,12H,3-5H2,1-2H3. The molecule has 0 bridgehead atoms. The number of carbonyl (C=O) groups excluding carboxylic acids is 1. The Morgan fingerprint density at radius 3 is 2.93 bits per heavy atom. The second-order valence-corrected chi connectivity index (χ2v) is 3.68. The highest BCUT2D eigenvalue weighted by atomic mass is 16.5. The van der Waals surface area contributed by atoms with Crippen LogP contribution in [0.15, 0.2) is 0 Å². The van der Waals surface area contributed by atoms with Gasteiger partial charge in [-0.3, -0.25) is 4.79 Å². The van der Waals surface area contributed by atoms with Crippen LogP contribution in [0.4, 0.5) is 0 Å².